The summed E-state index contributed by atoms with van der Waals surface area (Å²) >= 11 is 5.73. The van der Waals surface area contributed by atoms with Crippen molar-refractivity contribution in [1.29, 1.82) is 0 Å². The standard InChI is InChI=1S/C14H7ClF4O/c15-11-6-5-8(14(17,18)19)7-10(11)13(20)9-3-1-2-4-12(9)16/h1-7H. The summed E-state index contributed by atoms with van der Waals surface area (Å²) in [6.45, 7) is 0. The Morgan fingerprint density at radius 2 is 1.65 bits per heavy atom. The normalized spacial score (nSPS) is 11.4. The highest BCUT2D eigenvalue weighted by Crippen LogP contribution is 2.32. The topological polar surface area (TPSA) is 17.1 Å². The number of halogens is 5. The molecule has 0 fully saturated rings. The molecule has 6 heteroatoms. The molecular formula is C14H7ClF4O. The third kappa shape index (κ3) is 2.82. The van der Waals surface area contributed by atoms with Gasteiger partial charge in [0.1, 0.15) is 5.82 Å². The zero-order valence-electron chi connectivity index (χ0n) is 9.84. The first-order valence-corrected chi connectivity index (χ1v) is 5.84. The predicted octanol–water partition coefficient (Wildman–Crippen LogP) is 4.73. The highest BCUT2D eigenvalue weighted by molar-refractivity contribution is 6.35. The van der Waals surface area contributed by atoms with Gasteiger partial charge >= 0.3 is 6.18 Å². The zero-order valence-corrected chi connectivity index (χ0v) is 10.6. The Hall–Kier alpha value is -1.88. The molecule has 2 rings (SSSR count). The van der Waals surface area contributed by atoms with Crippen molar-refractivity contribution in [2.24, 2.45) is 0 Å². The van der Waals surface area contributed by atoms with Gasteiger partial charge in [0.05, 0.1) is 16.1 Å². The first-order valence-electron chi connectivity index (χ1n) is 5.46. The van der Waals surface area contributed by atoms with Gasteiger partial charge in [-0.1, -0.05) is 23.7 Å². The van der Waals surface area contributed by atoms with Gasteiger partial charge in [-0.15, -0.1) is 0 Å². The van der Waals surface area contributed by atoms with Gasteiger partial charge in [0, 0.05) is 5.56 Å². The van der Waals surface area contributed by atoms with Crippen LogP contribution in [0, 0.1) is 5.82 Å². The maximum absolute atomic E-state index is 13.5. The van der Waals surface area contributed by atoms with Crippen LogP contribution >= 0.6 is 11.6 Å². The van der Waals surface area contributed by atoms with Gasteiger partial charge in [-0.3, -0.25) is 4.79 Å². The first kappa shape index (κ1) is 14.5. The molecule has 0 atom stereocenters. The van der Waals surface area contributed by atoms with Gasteiger partial charge in [0.25, 0.3) is 0 Å². The molecule has 0 aromatic heterocycles. The van der Waals surface area contributed by atoms with E-state index >= 15 is 0 Å². The summed E-state index contributed by atoms with van der Waals surface area (Å²) in [5.41, 5.74) is -1.72. The molecule has 0 saturated carbocycles. The number of alkyl halides is 3. The van der Waals surface area contributed by atoms with Gasteiger partial charge in [-0.2, -0.15) is 13.2 Å². The highest BCUT2D eigenvalue weighted by Gasteiger charge is 2.32. The number of ketones is 1. The van der Waals surface area contributed by atoms with Crippen LogP contribution in [0.25, 0.3) is 0 Å². The Balaban J connectivity index is 2.53. The van der Waals surface area contributed by atoms with Crippen LogP contribution in [-0.4, -0.2) is 5.78 Å². The Morgan fingerprint density at radius 3 is 2.25 bits per heavy atom. The Kier molecular flexibility index (Phi) is 3.81. The predicted molar refractivity (Wildman–Crippen MR) is 66.3 cm³/mol. The van der Waals surface area contributed by atoms with Crippen molar-refractivity contribution in [2.45, 2.75) is 6.18 Å². The third-order valence-electron chi connectivity index (χ3n) is 2.66. The summed E-state index contributed by atoms with van der Waals surface area (Å²) in [6, 6.07) is 7.39. The number of benzene rings is 2. The molecular weight excluding hydrogens is 296 g/mol. The van der Waals surface area contributed by atoms with Gasteiger partial charge in [-0.05, 0) is 30.3 Å². The van der Waals surface area contributed by atoms with Crippen molar-refractivity contribution >= 4 is 17.4 Å². The van der Waals surface area contributed by atoms with Gasteiger partial charge in [0.2, 0.25) is 0 Å². The number of carbonyl (C=O) groups is 1. The molecule has 2 aromatic rings. The Bertz CT molecular complexity index is 664. The monoisotopic (exact) mass is 302 g/mol. The van der Waals surface area contributed by atoms with E-state index in [0.29, 0.717) is 6.07 Å². The van der Waals surface area contributed by atoms with Crippen molar-refractivity contribution in [3.8, 4) is 0 Å². The summed E-state index contributed by atoms with van der Waals surface area (Å²) in [4.78, 5) is 12.1. The molecule has 0 radical (unpaired) electrons. The van der Waals surface area contributed by atoms with Gasteiger partial charge in [-0.25, -0.2) is 4.39 Å². The molecule has 20 heavy (non-hydrogen) atoms. The number of hydrogen-bond donors (Lipinski definition) is 0. The largest absolute Gasteiger partial charge is 0.416 e. The van der Waals surface area contributed by atoms with E-state index in [1.54, 1.807) is 0 Å². The van der Waals surface area contributed by atoms with Crippen LogP contribution in [0.1, 0.15) is 21.5 Å². The summed E-state index contributed by atoms with van der Waals surface area (Å²) in [5.74, 6) is -1.70. The van der Waals surface area contributed by atoms with E-state index in [4.69, 9.17) is 11.6 Å². The number of hydrogen-bond acceptors (Lipinski definition) is 1. The fourth-order valence-electron chi connectivity index (χ4n) is 1.67. The van der Waals surface area contributed by atoms with E-state index < -0.39 is 23.3 Å². The van der Waals surface area contributed by atoms with E-state index in [-0.39, 0.29) is 16.1 Å². The Morgan fingerprint density at radius 1 is 1.00 bits per heavy atom. The molecule has 104 valence electrons. The van der Waals surface area contributed by atoms with Crippen LogP contribution in [0.15, 0.2) is 42.5 Å². The number of carbonyl (C=O) groups excluding carboxylic acids is 1. The molecule has 1 nitrogen and oxygen atoms in total. The maximum atomic E-state index is 13.5. The molecule has 0 unspecified atom stereocenters. The van der Waals surface area contributed by atoms with Crippen molar-refractivity contribution in [3.63, 3.8) is 0 Å². The second-order valence-electron chi connectivity index (χ2n) is 4.00. The van der Waals surface area contributed by atoms with Gasteiger partial charge < -0.3 is 0 Å². The van der Waals surface area contributed by atoms with Crippen molar-refractivity contribution < 1.29 is 22.4 Å². The summed E-state index contributed by atoms with van der Waals surface area (Å²) < 4.78 is 51.4. The third-order valence-corrected chi connectivity index (χ3v) is 2.99. The van der Waals surface area contributed by atoms with Crippen molar-refractivity contribution in [1.82, 2.24) is 0 Å². The van der Waals surface area contributed by atoms with E-state index in [0.717, 1.165) is 18.2 Å². The lowest BCUT2D eigenvalue weighted by Crippen LogP contribution is -2.10. The summed E-state index contributed by atoms with van der Waals surface area (Å²) in [6.07, 6.45) is -4.60. The maximum Gasteiger partial charge on any atom is 0.416 e. The van der Waals surface area contributed by atoms with E-state index in [2.05, 4.69) is 0 Å². The van der Waals surface area contributed by atoms with Crippen LogP contribution in [0.5, 0.6) is 0 Å². The van der Waals surface area contributed by atoms with Crippen LogP contribution in [0.3, 0.4) is 0 Å². The molecule has 0 spiro atoms. The molecule has 0 heterocycles. The minimum Gasteiger partial charge on any atom is -0.288 e. The van der Waals surface area contributed by atoms with E-state index in [1.807, 2.05) is 0 Å². The smallest absolute Gasteiger partial charge is 0.288 e. The molecule has 0 bridgehead atoms. The molecule has 0 aliphatic rings. The van der Waals surface area contributed by atoms with E-state index in [9.17, 15) is 22.4 Å². The second-order valence-corrected chi connectivity index (χ2v) is 4.41. The van der Waals surface area contributed by atoms with Crippen molar-refractivity contribution in [3.05, 3.63) is 70.0 Å². The molecule has 0 saturated heterocycles. The summed E-state index contributed by atoms with van der Waals surface area (Å²) in [7, 11) is 0. The second kappa shape index (κ2) is 5.25. The molecule has 0 N–H and O–H groups in total. The lowest BCUT2D eigenvalue weighted by atomic mass is 10.0. The van der Waals surface area contributed by atoms with Crippen LogP contribution < -0.4 is 0 Å². The average Bonchev–Trinajstić information content (AvgIpc) is 2.37. The van der Waals surface area contributed by atoms with Crippen LogP contribution in [0.2, 0.25) is 5.02 Å². The lowest BCUT2D eigenvalue weighted by Gasteiger charge is -2.10. The number of rotatable bonds is 2. The molecule has 0 amide bonds. The SMILES string of the molecule is O=C(c1ccccc1F)c1cc(C(F)(F)F)ccc1Cl. The Labute approximate surface area is 116 Å². The van der Waals surface area contributed by atoms with Gasteiger partial charge in [0.15, 0.2) is 5.78 Å². The quantitative estimate of drug-likeness (QED) is 0.579. The van der Waals surface area contributed by atoms with Crippen LogP contribution in [0.4, 0.5) is 17.6 Å². The fraction of sp³-hybridized carbons (Fsp3) is 0.0714. The zero-order chi connectivity index (χ0) is 14.9. The molecule has 2 aromatic carbocycles. The summed E-state index contributed by atoms with van der Waals surface area (Å²) in [5, 5.41) is -0.161. The molecule has 0 aliphatic carbocycles. The molecule has 0 aliphatic heterocycles. The average molecular weight is 303 g/mol. The van der Waals surface area contributed by atoms with Crippen LogP contribution in [-0.2, 0) is 6.18 Å². The lowest BCUT2D eigenvalue weighted by molar-refractivity contribution is -0.137. The minimum atomic E-state index is -4.60. The fourth-order valence-corrected chi connectivity index (χ4v) is 1.87. The van der Waals surface area contributed by atoms with E-state index in [1.165, 1.54) is 18.2 Å². The first-order chi connectivity index (χ1) is 9.30. The minimum absolute atomic E-state index is 0.161. The van der Waals surface area contributed by atoms with Crippen molar-refractivity contribution in [2.75, 3.05) is 0 Å². The highest BCUT2D eigenvalue weighted by atomic mass is 35.5.